The van der Waals surface area contributed by atoms with E-state index in [0.717, 1.165) is 10.4 Å². The van der Waals surface area contributed by atoms with E-state index in [2.05, 4.69) is 19.2 Å². The van der Waals surface area contributed by atoms with Gasteiger partial charge in [-0.15, -0.1) is 11.3 Å². The molecule has 1 aromatic heterocycles. The molecule has 2 atom stereocenters. The van der Waals surface area contributed by atoms with E-state index in [4.69, 9.17) is 4.74 Å². The predicted octanol–water partition coefficient (Wildman–Crippen LogP) is 3.45. The van der Waals surface area contributed by atoms with Crippen LogP contribution in [0.4, 0.5) is 0 Å². The lowest BCUT2D eigenvalue weighted by molar-refractivity contribution is -0.124. The molecule has 1 aliphatic heterocycles. The number of fused-ring (bicyclic) bond motifs is 1. The topological polar surface area (TPSA) is 58.6 Å². The Morgan fingerprint density at radius 1 is 1.26 bits per heavy atom. The number of amides is 2. The van der Waals surface area contributed by atoms with Gasteiger partial charge in [0.2, 0.25) is 5.91 Å². The van der Waals surface area contributed by atoms with Crippen LogP contribution in [-0.4, -0.2) is 43.5 Å². The summed E-state index contributed by atoms with van der Waals surface area (Å²) in [6.45, 7) is 5.69. The van der Waals surface area contributed by atoms with Crippen LogP contribution in [-0.2, 0) is 9.53 Å². The van der Waals surface area contributed by atoms with Crippen molar-refractivity contribution in [2.45, 2.75) is 25.8 Å². The Hall–Kier alpha value is -2.18. The summed E-state index contributed by atoms with van der Waals surface area (Å²) in [5.74, 6) is -0.204. The third-order valence-electron chi connectivity index (χ3n) is 4.72. The van der Waals surface area contributed by atoms with Crippen molar-refractivity contribution < 1.29 is 14.3 Å². The third-order valence-corrected chi connectivity index (χ3v) is 5.67. The fourth-order valence-corrected chi connectivity index (χ4v) is 4.51. The number of nitrogens with zero attached hydrogens (tertiary/aromatic N) is 1. The highest BCUT2D eigenvalue weighted by Gasteiger charge is 2.44. The van der Waals surface area contributed by atoms with Crippen molar-refractivity contribution in [1.82, 2.24) is 10.2 Å². The highest BCUT2D eigenvalue weighted by molar-refractivity contribution is 7.10. The number of thiophene rings is 1. The second-order valence-electron chi connectivity index (χ2n) is 7.16. The summed E-state index contributed by atoms with van der Waals surface area (Å²) >= 11 is 1.59. The van der Waals surface area contributed by atoms with Gasteiger partial charge in [-0.1, -0.05) is 38.1 Å². The molecule has 2 heterocycles. The highest BCUT2D eigenvalue weighted by Crippen LogP contribution is 2.44. The molecule has 0 unspecified atom stereocenters. The van der Waals surface area contributed by atoms with Crippen LogP contribution in [0.15, 0.2) is 41.8 Å². The van der Waals surface area contributed by atoms with Gasteiger partial charge in [-0.05, 0) is 29.0 Å². The second-order valence-corrected chi connectivity index (χ2v) is 8.14. The zero-order valence-electron chi connectivity index (χ0n) is 16.0. The Labute approximate surface area is 164 Å². The number of rotatable bonds is 7. The Morgan fingerprint density at radius 2 is 2.04 bits per heavy atom. The first-order chi connectivity index (χ1) is 13.0. The molecule has 0 fully saturated rings. The molecule has 1 aromatic carbocycles. The molecule has 0 bridgehead atoms. The summed E-state index contributed by atoms with van der Waals surface area (Å²) in [5, 5.41) is 4.97. The van der Waals surface area contributed by atoms with Crippen molar-refractivity contribution in [3.63, 3.8) is 0 Å². The number of hydrogen-bond donors (Lipinski definition) is 1. The molecule has 27 heavy (non-hydrogen) atoms. The molecule has 144 valence electrons. The summed E-state index contributed by atoms with van der Waals surface area (Å²) in [5.41, 5.74) is 1.42. The molecular formula is C21H26N2O3S. The van der Waals surface area contributed by atoms with Crippen LogP contribution in [0.25, 0.3) is 0 Å². The van der Waals surface area contributed by atoms with E-state index < -0.39 is 5.92 Å². The van der Waals surface area contributed by atoms with Crippen LogP contribution in [0, 0.1) is 5.92 Å². The predicted molar refractivity (Wildman–Crippen MR) is 107 cm³/mol. The first-order valence-electron chi connectivity index (χ1n) is 9.24. The van der Waals surface area contributed by atoms with Gasteiger partial charge >= 0.3 is 0 Å². The smallest absolute Gasteiger partial charge is 0.254 e. The van der Waals surface area contributed by atoms with Gasteiger partial charge in [0.1, 0.15) is 0 Å². The molecule has 0 saturated carbocycles. The zero-order valence-corrected chi connectivity index (χ0v) is 16.8. The molecule has 3 rings (SSSR count). The summed E-state index contributed by atoms with van der Waals surface area (Å²) in [6.07, 6.45) is 0. The van der Waals surface area contributed by atoms with Crippen molar-refractivity contribution in [3.8, 4) is 0 Å². The van der Waals surface area contributed by atoms with E-state index in [9.17, 15) is 9.59 Å². The highest BCUT2D eigenvalue weighted by atomic mass is 32.1. The van der Waals surface area contributed by atoms with Gasteiger partial charge in [-0.2, -0.15) is 0 Å². The number of hydrogen-bond acceptors (Lipinski definition) is 4. The van der Waals surface area contributed by atoms with Gasteiger partial charge in [0.05, 0.1) is 18.6 Å². The average Bonchev–Trinajstić information content (AvgIpc) is 3.18. The first-order valence-corrected chi connectivity index (χ1v) is 10.1. The SMILES string of the molecule is COCCNC(=O)[C@@H]1c2ccccc2C(=O)N(CC(C)C)[C@@H]1c1cccs1. The lowest BCUT2D eigenvalue weighted by Gasteiger charge is -2.42. The Morgan fingerprint density at radius 3 is 2.70 bits per heavy atom. The van der Waals surface area contributed by atoms with Gasteiger partial charge in [-0.25, -0.2) is 0 Å². The van der Waals surface area contributed by atoms with Gasteiger partial charge in [0.15, 0.2) is 0 Å². The summed E-state index contributed by atoms with van der Waals surface area (Å²) in [4.78, 5) is 29.4. The van der Waals surface area contributed by atoms with Gasteiger partial charge in [-0.3, -0.25) is 9.59 Å². The van der Waals surface area contributed by atoms with Crippen molar-refractivity contribution in [2.24, 2.45) is 5.92 Å². The molecule has 0 saturated heterocycles. The molecule has 0 radical (unpaired) electrons. The molecule has 6 heteroatoms. The standard InChI is InChI=1S/C21H26N2O3S/c1-14(2)13-23-19(17-9-6-12-27-17)18(20(24)22-10-11-26-3)15-7-4-5-8-16(15)21(23)25/h4-9,12,14,18-19H,10-11,13H2,1-3H3,(H,22,24)/t18-,19-/m1/s1. The molecule has 1 aliphatic rings. The van der Waals surface area contributed by atoms with Gasteiger partial charge < -0.3 is 15.0 Å². The van der Waals surface area contributed by atoms with Gasteiger partial charge in [0, 0.05) is 30.6 Å². The van der Waals surface area contributed by atoms with Crippen LogP contribution >= 0.6 is 11.3 Å². The lowest BCUT2D eigenvalue weighted by atomic mass is 9.81. The number of nitrogens with one attached hydrogen (secondary N) is 1. The monoisotopic (exact) mass is 386 g/mol. The van der Waals surface area contributed by atoms with Crippen molar-refractivity contribution in [2.75, 3.05) is 26.8 Å². The summed E-state index contributed by atoms with van der Waals surface area (Å²) in [7, 11) is 1.61. The molecule has 1 N–H and O–H groups in total. The maximum atomic E-state index is 13.3. The van der Waals surface area contributed by atoms with E-state index in [1.54, 1.807) is 18.4 Å². The minimum Gasteiger partial charge on any atom is -0.383 e. The summed E-state index contributed by atoms with van der Waals surface area (Å²) in [6, 6.07) is 11.2. The molecule has 0 spiro atoms. The zero-order chi connectivity index (χ0) is 19.4. The number of carbonyl (C=O) groups excluding carboxylic acids is 2. The minimum absolute atomic E-state index is 0.00126. The maximum absolute atomic E-state index is 13.3. The molecule has 0 aliphatic carbocycles. The van der Waals surface area contributed by atoms with Crippen LogP contribution in [0.5, 0.6) is 0 Å². The van der Waals surface area contributed by atoms with Crippen molar-refractivity contribution >= 4 is 23.2 Å². The Balaban J connectivity index is 2.08. The van der Waals surface area contributed by atoms with Crippen LogP contribution in [0.2, 0.25) is 0 Å². The molecule has 2 aromatic rings. The fourth-order valence-electron chi connectivity index (χ4n) is 3.63. The first kappa shape index (κ1) is 19.6. The van der Waals surface area contributed by atoms with Crippen molar-refractivity contribution in [1.29, 1.82) is 0 Å². The Kier molecular flexibility index (Phi) is 6.29. The van der Waals surface area contributed by atoms with E-state index in [1.165, 1.54) is 0 Å². The van der Waals surface area contributed by atoms with Crippen LogP contribution in [0.3, 0.4) is 0 Å². The average molecular weight is 387 g/mol. The normalized spacial score (nSPS) is 19.3. The Bertz CT molecular complexity index is 788. The molecular weight excluding hydrogens is 360 g/mol. The number of ether oxygens (including phenoxy) is 1. The minimum atomic E-state index is -0.437. The van der Waals surface area contributed by atoms with E-state index in [1.807, 2.05) is 46.7 Å². The van der Waals surface area contributed by atoms with Crippen LogP contribution in [0.1, 0.15) is 46.6 Å². The van der Waals surface area contributed by atoms with Crippen LogP contribution < -0.4 is 5.32 Å². The number of carbonyl (C=O) groups is 2. The lowest BCUT2D eigenvalue weighted by Crippen LogP contribution is -2.48. The largest absolute Gasteiger partial charge is 0.383 e. The van der Waals surface area contributed by atoms with E-state index >= 15 is 0 Å². The van der Waals surface area contributed by atoms with Crippen molar-refractivity contribution in [3.05, 3.63) is 57.8 Å². The van der Waals surface area contributed by atoms with E-state index in [0.29, 0.717) is 31.2 Å². The summed E-state index contributed by atoms with van der Waals surface area (Å²) < 4.78 is 5.06. The second kappa shape index (κ2) is 8.67. The third kappa shape index (κ3) is 4.06. The maximum Gasteiger partial charge on any atom is 0.254 e. The molecule has 2 amide bonds. The van der Waals surface area contributed by atoms with Gasteiger partial charge in [0.25, 0.3) is 5.91 Å². The quantitative estimate of drug-likeness (QED) is 0.742. The van der Waals surface area contributed by atoms with E-state index in [-0.39, 0.29) is 17.9 Å². The molecule has 5 nitrogen and oxygen atoms in total. The number of methoxy groups -OCH3 is 1. The number of benzene rings is 1. The fraction of sp³-hybridized carbons (Fsp3) is 0.429.